The Balaban J connectivity index is 1.95. The lowest BCUT2D eigenvalue weighted by atomic mass is 10.1. The van der Waals surface area contributed by atoms with Crippen molar-refractivity contribution in [2.24, 2.45) is 7.05 Å². The van der Waals surface area contributed by atoms with Crippen LogP contribution in [0.15, 0.2) is 60.9 Å². The molecule has 0 saturated heterocycles. The number of hydrogen-bond acceptors (Lipinski definition) is 3. The van der Waals surface area contributed by atoms with Crippen molar-refractivity contribution in [3.05, 3.63) is 88.5 Å². The van der Waals surface area contributed by atoms with Gasteiger partial charge in [-0.15, -0.1) is 0 Å². The van der Waals surface area contributed by atoms with Crippen LogP contribution in [-0.4, -0.2) is 21.1 Å². The molecule has 5 heteroatoms. The Morgan fingerprint density at radius 3 is 1.83 bits per heavy atom. The summed E-state index contributed by atoms with van der Waals surface area (Å²) in [5.74, 6) is -0.303. The number of ketones is 2. The summed E-state index contributed by atoms with van der Waals surface area (Å²) in [6.45, 7) is 0. The Kier molecular flexibility index (Phi) is 4.08. The molecule has 0 spiro atoms. The third-order valence-corrected chi connectivity index (χ3v) is 3.89. The van der Waals surface area contributed by atoms with Gasteiger partial charge in [-0.25, -0.2) is 0 Å². The van der Waals surface area contributed by atoms with Crippen molar-refractivity contribution in [2.75, 3.05) is 0 Å². The van der Waals surface area contributed by atoms with Crippen molar-refractivity contribution in [3.63, 3.8) is 0 Å². The van der Waals surface area contributed by atoms with Crippen molar-refractivity contribution in [3.8, 4) is 0 Å². The smallest absolute Gasteiger partial charge is 0.209 e. The molecule has 3 aromatic rings. The van der Waals surface area contributed by atoms with Crippen molar-refractivity contribution >= 4 is 23.2 Å². The van der Waals surface area contributed by atoms with Crippen LogP contribution in [0, 0.1) is 0 Å². The van der Waals surface area contributed by atoms with Crippen LogP contribution in [0.3, 0.4) is 0 Å². The van der Waals surface area contributed by atoms with Crippen LogP contribution >= 0.6 is 11.6 Å². The number of halogens is 1. The molecule has 0 aliphatic rings. The van der Waals surface area contributed by atoms with E-state index in [1.165, 1.54) is 0 Å². The number of carbonyl (C=O) groups is 2. The maximum atomic E-state index is 12.6. The van der Waals surface area contributed by atoms with Gasteiger partial charge in [0.25, 0.3) is 0 Å². The molecule has 0 aliphatic heterocycles. The molecule has 0 radical (unpaired) electrons. The van der Waals surface area contributed by atoms with Gasteiger partial charge in [-0.05, 0) is 48.5 Å². The predicted molar refractivity (Wildman–Crippen MR) is 88.0 cm³/mol. The molecule has 0 saturated carbocycles. The molecule has 4 nitrogen and oxygen atoms in total. The fourth-order valence-corrected chi connectivity index (χ4v) is 2.49. The summed E-state index contributed by atoms with van der Waals surface area (Å²) in [7, 11) is 1.71. The summed E-state index contributed by atoms with van der Waals surface area (Å²) in [5.41, 5.74) is 1.96. The molecule has 0 atom stereocenters. The van der Waals surface area contributed by atoms with Crippen LogP contribution in [0.4, 0.5) is 0 Å². The maximum Gasteiger partial charge on any atom is 0.209 e. The van der Waals surface area contributed by atoms with Crippen LogP contribution in [0.2, 0.25) is 5.02 Å². The van der Waals surface area contributed by atoms with E-state index in [-0.39, 0.29) is 11.6 Å². The summed E-state index contributed by atoms with van der Waals surface area (Å²) in [6, 6.07) is 13.3. The highest BCUT2D eigenvalue weighted by Crippen LogP contribution is 2.17. The minimum Gasteiger partial charge on any atom is -0.338 e. The largest absolute Gasteiger partial charge is 0.338 e. The van der Waals surface area contributed by atoms with Crippen molar-refractivity contribution in [1.82, 2.24) is 9.55 Å². The molecule has 3 rings (SSSR count). The Bertz CT molecular complexity index is 868. The monoisotopic (exact) mass is 324 g/mol. The summed E-state index contributed by atoms with van der Waals surface area (Å²) < 4.78 is 1.61. The van der Waals surface area contributed by atoms with E-state index in [0.717, 1.165) is 0 Å². The van der Waals surface area contributed by atoms with Crippen LogP contribution < -0.4 is 0 Å². The number of nitrogens with zero attached hydrogens (tertiary/aromatic N) is 2. The zero-order valence-corrected chi connectivity index (χ0v) is 13.1. The van der Waals surface area contributed by atoms with Gasteiger partial charge in [0.05, 0.1) is 11.4 Å². The highest BCUT2D eigenvalue weighted by atomic mass is 35.5. The van der Waals surface area contributed by atoms with Crippen LogP contribution in [0.5, 0.6) is 0 Å². The molecule has 0 N–H and O–H groups in total. The molecule has 0 unspecified atom stereocenters. The van der Waals surface area contributed by atoms with Gasteiger partial charge in [0.2, 0.25) is 11.6 Å². The van der Waals surface area contributed by atoms with E-state index in [2.05, 4.69) is 4.98 Å². The van der Waals surface area contributed by atoms with E-state index < -0.39 is 0 Å². The Labute approximate surface area is 138 Å². The molecule has 0 amide bonds. The predicted octanol–water partition coefficient (Wildman–Crippen LogP) is 3.54. The maximum absolute atomic E-state index is 12.6. The van der Waals surface area contributed by atoms with Crippen molar-refractivity contribution in [1.29, 1.82) is 0 Å². The minimum absolute atomic E-state index is 0.148. The third kappa shape index (κ3) is 2.94. The van der Waals surface area contributed by atoms with Crippen LogP contribution in [0.25, 0.3) is 0 Å². The molecular formula is C18H13ClN2O2. The normalized spacial score (nSPS) is 10.5. The van der Waals surface area contributed by atoms with Gasteiger partial charge in [-0.3, -0.25) is 14.6 Å². The molecule has 23 heavy (non-hydrogen) atoms. The first-order valence-electron chi connectivity index (χ1n) is 6.98. The van der Waals surface area contributed by atoms with Gasteiger partial charge in [0.1, 0.15) is 0 Å². The van der Waals surface area contributed by atoms with Gasteiger partial charge in [-0.2, -0.15) is 0 Å². The number of carbonyl (C=O) groups excluding carboxylic acids is 2. The number of pyridine rings is 1. The standard InChI is InChI=1S/C18H13ClN2O2/c1-21-15(17(22)12-2-4-14(19)5-3-12)6-7-16(21)18(23)13-8-10-20-11-9-13/h2-11H,1H3. The van der Waals surface area contributed by atoms with Gasteiger partial charge < -0.3 is 4.57 Å². The lowest BCUT2D eigenvalue weighted by molar-refractivity contribution is 0.102. The quantitative estimate of drug-likeness (QED) is 0.690. The number of rotatable bonds is 4. The average molecular weight is 325 g/mol. The van der Waals surface area contributed by atoms with Gasteiger partial charge in [0.15, 0.2) is 0 Å². The third-order valence-electron chi connectivity index (χ3n) is 3.64. The fourth-order valence-electron chi connectivity index (χ4n) is 2.37. The molecule has 1 aromatic carbocycles. The highest BCUT2D eigenvalue weighted by Gasteiger charge is 2.19. The van der Waals surface area contributed by atoms with Crippen LogP contribution in [0.1, 0.15) is 32.1 Å². The SMILES string of the molecule is Cn1c(C(=O)c2ccncc2)ccc1C(=O)c1ccc(Cl)cc1. The molecule has 0 fully saturated rings. The molecule has 114 valence electrons. The molecular weight excluding hydrogens is 312 g/mol. The van der Waals surface area contributed by atoms with E-state index >= 15 is 0 Å². The van der Waals surface area contributed by atoms with Crippen molar-refractivity contribution < 1.29 is 9.59 Å². The van der Waals surface area contributed by atoms with Gasteiger partial charge in [-0.1, -0.05) is 11.6 Å². The van der Waals surface area contributed by atoms with E-state index in [1.54, 1.807) is 72.5 Å². The zero-order chi connectivity index (χ0) is 16.4. The average Bonchev–Trinajstić information content (AvgIpc) is 2.96. The first kappa shape index (κ1) is 15.2. The molecule has 0 aliphatic carbocycles. The van der Waals surface area contributed by atoms with Gasteiger partial charge in [0, 0.05) is 35.6 Å². The highest BCUT2D eigenvalue weighted by molar-refractivity contribution is 6.30. The Hall–Kier alpha value is -2.72. The summed E-state index contributed by atoms with van der Waals surface area (Å²) in [5, 5.41) is 0.571. The number of benzene rings is 1. The molecule has 2 heterocycles. The first-order chi connectivity index (χ1) is 11.1. The van der Waals surface area contributed by atoms with Gasteiger partial charge >= 0.3 is 0 Å². The molecule has 0 bridgehead atoms. The summed E-state index contributed by atoms with van der Waals surface area (Å²) >= 11 is 5.84. The molecule has 2 aromatic heterocycles. The second-order valence-corrected chi connectivity index (χ2v) is 5.50. The second kappa shape index (κ2) is 6.18. The van der Waals surface area contributed by atoms with E-state index in [4.69, 9.17) is 11.6 Å². The van der Waals surface area contributed by atoms with E-state index in [9.17, 15) is 9.59 Å². The lowest BCUT2D eigenvalue weighted by Crippen LogP contribution is -2.13. The first-order valence-corrected chi connectivity index (χ1v) is 7.36. The second-order valence-electron chi connectivity index (χ2n) is 5.06. The fraction of sp³-hybridized carbons (Fsp3) is 0.0556. The van der Waals surface area contributed by atoms with Crippen LogP contribution in [-0.2, 0) is 7.05 Å². The topological polar surface area (TPSA) is 52.0 Å². The number of aromatic nitrogens is 2. The van der Waals surface area contributed by atoms with E-state index in [1.807, 2.05) is 0 Å². The zero-order valence-electron chi connectivity index (χ0n) is 12.4. The number of hydrogen-bond donors (Lipinski definition) is 0. The lowest BCUT2D eigenvalue weighted by Gasteiger charge is -2.07. The minimum atomic E-state index is -0.155. The summed E-state index contributed by atoms with van der Waals surface area (Å²) in [6.07, 6.45) is 3.13. The summed E-state index contributed by atoms with van der Waals surface area (Å²) in [4.78, 5) is 29.0. The van der Waals surface area contributed by atoms with E-state index in [0.29, 0.717) is 27.5 Å². The Morgan fingerprint density at radius 1 is 0.826 bits per heavy atom. The Morgan fingerprint density at radius 2 is 1.30 bits per heavy atom. The van der Waals surface area contributed by atoms with Crippen molar-refractivity contribution in [2.45, 2.75) is 0 Å².